The standard InChI is InChI=1S/C26H23F4N5O3/c1-15(26(28,29)30)34(13-16-2-5-20(27)6-3-16)22(36)14-35-23(37)25(33-24(35)38)9-8-18-10-17(4-7-21(18)25)19-11-31-32-12-19/h2-7,10-12,15H,8-9,13-14H2,1H3,(H,31,32)(H,33,38)/t15-,25-/m0/s1. The van der Waals surface area contributed by atoms with Gasteiger partial charge in [-0.15, -0.1) is 0 Å². The Morgan fingerprint density at radius 1 is 1.16 bits per heavy atom. The van der Waals surface area contributed by atoms with Crippen molar-refractivity contribution in [2.45, 2.75) is 44.1 Å². The summed E-state index contributed by atoms with van der Waals surface area (Å²) in [6, 6.07) is 7.07. The maximum Gasteiger partial charge on any atom is 0.408 e. The van der Waals surface area contributed by atoms with E-state index in [2.05, 4.69) is 15.5 Å². The number of hydrogen-bond acceptors (Lipinski definition) is 4. The zero-order valence-electron chi connectivity index (χ0n) is 20.2. The van der Waals surface area contributed by atoms with Gasteiger partial charge in [0.15, 0.2) is 0 Å². The summed E-state index contributed by atoms with van der Waals surface area (Å²) >= 11 is 0. The number of aromatic nitrogens is 2. The van der Waals surface area contributed by atoms with E-state index in [1.54, 1.807) is 24.5 Å². The summed E-state index contributed by atoms with van der Waals surface area (Å²) < 4.78 is 54.1. The summed E-state index contributed by atoms with van der Waals surface area (Å²) in [4.78, 5) is 40.8. The molecule has 1 aliphatic carbocycles. The van der Waals surface area contributed by atoms with Crippen molar-refractivity contribution < 1.29 is 31.9 Å². The van der Waals surface area contributed by atoms with E-state index in [1.165, 1.54) is 12.1 Å². The number of fused-ring (bicyclic) bond motifs is 2. The predicted molar refractivity (Wildman–Crippen MR) is 127 cm³/mol. The highest BCUT2D eigenvalue weighted by molar-refractivity contribution is 6.10. The van der Waals surface area contributed by atoms with Crippen molar-refractivity contribution in [2.75, 3.05) is 6.54 Å². The Kier molecular flexibility index (Phi) is 6.20. The lowest BCUT2D eigenvalue weighted by Crippen LogP contribution is -2.51. The molecule has 0 bridgehead atoms. The molecule has 2 heterocycles. The van der Waals surface area contributed by atoms with Crippen LogP contribution in [-0.2, 0) is 28.1 Å². The van der Waals surface area contributed by atoms with Gasteiger partial charge < -0.3 is 10.2 Å². The second-order valence-corrected chi connectivity index (χ2v) is 9.45. The van der Waals surface area contributed by atoms with E-state index in [-0.39, 0.29) is 12.0 Å². The lowest BCUT2D eigenvalue weighted by atomic mass is 9.90. The van der Waals surface area contributed by atoms with Gasteiger partial charge in [0.25, 0.3) is 5.91 Å². The van der Waals surface area contributed by atoms with Gasteiger partial charge in [-0.1, -0.05) is 30.3 Å². The maximum atomic E-state index is 13.6. The Morgan fingerprint density at radius 2 is 1.89 bits per heavy atom. The van der Waals surface area contributed by atoms with Crippen LogP contribution in [0.15, 0.2) is 54.9 Å². The SMILES string of the molecule is C[C@H](N(Cc1ccc(F)cc1)C(=O)CN1C(=O)N[C@]2(CCc3cc(-c4cn[nH]c4)ccc32)C1=O)C(F)(F)F. The molecule has 2 aliphatic rings. The molecule has 198 valence electrons. The van der Waals surface area contributed by atoms with Gasteiger partial charge in [-0.25, -0.2) is 9.18 Å². The number of benzene rings is 2. The van der Waals surface area contributed by atoms with E-state index >= 15 is 0 Å². The first kappa shape index (κ1) is 25.4. The molecule has 1 fully saturated rings. The van der Waals surface area contributed by atoms with Crippen molar-refractivity contribution in [3.63, 3.8) is 0 Å². The molecule has 38 heavy (non-hydrogen) atoms. The number of aryl methyl sites for hydroxylation is 1. The highest BCUT2D eigenvalue weighted by Crippen LogP contribution is 2.42. The zero-order valence-corrected chi connectivity index (χ0v) is 20.2. The van der Waals surface area contributed by atoms with Crippen LogP contribution in [0.2, 0.25) is 0 Å². The summed E-state index contributed by atoms with van der Waals surface area (Å²) in [6.45, 7) is -0.524. The quantitative estimate of drug-likeness (QED) is 0.374. The maximum absolute atomic E-state index is 13.6. The van der Waals surface area contributed by atoms with Crippen LogP contribution in [0.3, 0.4) is 0 Å². The molecular weight excluding hydrogens is 506 g/mol. The van der Waals surface area contributed by atoms with Gasteiger partial charge >= 0.3 is 12.2 Å². The number of imide groups is 1. The number of rotatable bonds is 6. The lowest BCUT2D eigenvalue weighted by molar-refractivity contribution is -0.187. The van der Waals surface area contributed by atoms with Gasteiger partial charge in [0.1, 0.15) is 23.9 Å². The molecule has 2 atom stereocenters. The molecule has 1 saturated heterocycles. The number of aromatic amines is 1. The van der Waals surface area contributed by atoms with Crippen molar-refractivity contribution in [3.8, 4) is 11.1 Å². The van der Waals surface area contributed by atoms with E-state index in [4.69, 9.17) is 0 Å². The number of hydrogen-bond donors (Lipinski definition) is 2. The van der Waals surface area contributed by atoms with E-state index in [9.17, 15) is 31.9 Å². The third-order valence-corrected chi connectivity index (χ3v) is 7.16. The van der Waals surface area contributed by atoms with Crippen LogP contribution in [0.5, 0.6) is 0 Å². The average Bonchev–Trinajstić information content (AvgIpc) is 3.59. The monoisotopic (exact) mass is 529 g/mol. The number of amides is 4. The van der Waals surface area contributed by atoms with E-state index < -0.39 is 54.5 Å². The first-order valence-corrected chi connectivity index (χ1v) is 11.9. The van der Waals surface area contributed by atoms with Crippen molar-refractivity contribution in [2.24, 2.45) is 0 Å². The number of nitrogens with zero attached hydrogens (tertiary/aromatic N) is 3. The van der Waals surface area contributed by atoms with Crippen LogP contribution in [0.25, 0.3) is 11.1 Å². The third-order valence-electron chi connectivity index (χ3n) is 7.16. The molecule has 0 radical (unpaired) electrons. The molecule has 0 unspecified atom stereocenters. The van der Waals surface area contributed by atoms with Crippen LogP contribution in [-0.4, -0.2) is 56.6 Å². The normalized spacial score (nSPS) is 19.6. The minimum absolute atomic E-state index is 0.255. The Bertz CT molecular complexity index is 1390. The van der Waals surface area contributed by atoms with Gasteiger partial charge in [0.2, 0.25) is 5.91 Å². The van der Waals surface area contributed by atoms with Crippen molar-refractivity contribution >= 4 is 17.8 Å². The fraction of sp³-hybridized carbons (Fsp3) is 0.308. The molecule has 1 spiro atoms. The van der Waals surface area contributed by atoms with Gasteiger partial charge in [-0.05, 0) is 54.2 Å². The molecule has 4 amide bonds. The molecule has 1 aromatic heterocycles. The third kappa shape index (κ3) is 4.39. The molecule has 12 heteroatoms. The topological polar surface area (TPSA) is 98.4 Å². The molecule has 8 nitrogen and oxygen atoms in total. The Morgan fingerprint density at radius 3 is 2.55 bits per heavy atom. The van der Waals surface area contributed by atoms with Gasteiger partial charge in [0.05, 0.1) is 6.20 Å². The van der Waals surface area contributed by atoms with Crippen molar-refractivity contribution in [1.29, 1.82) is 0 Å². The number of halogens is 4. The van der Waals surface area contributed by atoms with Crippen LogP contribution < -0.4 is 5.32 Å². The smallest absolute Gasteiger partial charge is 0.325 e. The summed E-state index contributed by atoms with van der Waals surface area (Å²) in [7, 11) is 0. The molecule has 2 aromatic carbocycles. The molecular formula is C26H23F4N5O3. The Hall–Kier alpha value is -4.22. The molecule has 1 aliphatic heterocycles. The number of alkyl halides is 3. The summed E-state index contributed by atoms with van der Waals surface area (Å²) in [5.74, 6) is -2.32. The number of nitrogens with one attached hydrogen (secondary N) is 2. The van der Waals surface area contributed by atoms with Crippen molar-refractivity contribution in [3.05, 3.63) is 77.4 Å². The number of carbonyl (C=O) groups is 3. The van der Waals surface area contributed by atoms with Gasteiger partial charge in [0, 0.05) is 18.3 Å². The first-order chi connectivity index (χ1) is 18.0. The van der Waals surface area contributed by atoms with E-state index in [0.29, 0.717) is 21.8 Å². The fourth-order valence-corrected chi connectivity index (χ4v) is 5.01. The highest BCUT2D eigenvalue weighted by Gasteiger charge is 2.56. The Balaban J connectivity index is 1.39. The predicted octanol–water partition coefficient (Wildman–Crippen LogP) is 3.89. The highest BCUT2D eigenvalue weighted by atomic mass is 19.4. The average molecular weight is 529 g/mol. The number of carbonyl (C=O) groups excluding carboxylic acids is 3. The summed E-state index contributed by atoms with van der Waals surface area (Å²) in [5, 5.41) is 9.35. The Labute approximate surface area is 214 Å². The second-order valence-electron chi connectivity index (χ2n) is 9.45. The minimum Gasteiger partial charge on any atom is -0.325 e. The number of H-pyrrole nitrogens is 1. The zero-order chi connectivity index (χ0) is 27.2. The van der Waals surface area contributed by atoms with Gasteiger partial charge in [-0.3, -0.25) is 19.6 Å². The van der Waals surface area contributed by atoms with Crippen LogP contribution >= 0.6 is 0 Å². The van der Waals surface area contributed by atoms with E-state index in [0.717, 1.165) is 35.7 Å². The summed E-state index contributed by atoms with van der Waals surface area (Å²) in [6.07, 6.45) is -0.642. The van der Waals surface area contributed by atoms with Crippen molar-refractivity contribution in [1.82, 2.24) is 25.3 Å². The molecule has 0 saturated carbocycles. The van der Waals surface area contributed by atoms with E-state index in [1.807, 2.05) is 6.07 Å². The molecule has 2 N–H and O–H groups in total. The second kappa shape index (κ2) is 9.26. The first-order valence-electron chi connectivity index (χ1n) is 11.9. The van der Waals surface area contributed by atoms with Crippen LogP contribution in [0.4, 0.5) is 22.4 Å². The van der Waals surface area contributed by atoms with Crippen LogP contribution in [0, 0.1) is 5.82 Å². The fourth-order valence-electron chi connectivity index (χ4n) is 5.01. The molecule has 5 rings (SSSR count). The minimum atomic E-state index is -4.76. The lowest BCUT2D eigenvalue weighted by Gasteiger charge is -2.32. The van der Waals surface area contributed by atoms with Crippen LogP contribution in [0.1, 0.15) is 30.0 Å². The number of urea groups is 1. The largest absolute Gasteiger partial charge is 0.408 e. The molecule has 3 aromatic rings. The summed E-state index contributed by atoms with van der Waals surface area (Å²) in [5.41, 5.74) is 2.03. The van der Waals surface area contributed by atoms with Gasteiger partial charge in [-0.2, -0.15) is 18.3 Å².